The highest BCUT2D eigenvalue weighted by Gasteiger charge is 2.12. The SMILES string of the molecule is Nc1cn[nH]c1C(=O)OCCOc1ccccc1. The van der Waals surface area contributed by atoms with Gasteiger partial charge in [0.25, 0.3) is 0 Å². The van der Waals surface area contributed by atoms with E-state index in [0.29, 0.717) is 0 Å². The molecule has 0 aliphatic carbocycles. The average Bonchev–Trinajstić information content (AvgIpc) is 2.82. The number of anilines is 1. The quantitative estimate of drug-likeness (QED) is 0.612. The van der Waals surface area contributed by atoms with Gasteiger partial charge in [-0.2, -0.15) is 5.10 Å². The van der Waals surface area contributed by atoms with Crippen molar-refractivity contribution in [1.82, 2.24) is 10.2 Å². The smallest absolute Gasteiger partial charge is 0.358 e. The summed E-state index contributed by atoms with van der Waals surface area (Å²) in [6, 6.07) is 9.29. The summed E-state index contributed by atoms with van der Waals surface area (Å²) in [5, 5.41) is 6.11. The fourth-order valence-electron chi connectivity index (χ4n) is 1.34. The molecule has 0 aliphatic rings. The monoisotopic (exact) mass is 247 g/mol. The van der Waals surface area contributed by atoms with Gasteiger partial charge < -0.3 is 15.2 Å². The minimum absolute atomic E-state index is 0.145. The zero-order valence-electron chi connectivity index (χ0n) is 9.63. The standard InChI is InChI=1S/C12H13N3O3/c13-10-8-14-15-11(10)12(16)18-7-6-17-9-4-2-1-3-5-9/h1-5,8H,6-7,13H2,(H,14,15). The Balaban J connectivity index is 1.73. The number of benzene rings is 1. The van der Waals surface area contributed by atoms with E-state index in [1.54, 1.807) is 0 Å². The van der Waals surface area contributed by atoms with Gasteiger partial charge in [0.15, 0.2) is 5.69 Å². The molecule has 2 aromatic rings. The van der Waals surface area contributed by atoms with Gasteiger partial charge in [0, 0.05) is 0 Å². The molecule has 0 saturated heterocycles. The van der Waals surface area contributed by atoms with Crippen molar-refractivity contribution in [3.63, 3.8) is 0 Å². The number of H-pyrrole nitrogens is 1. The molecule has 1 aromatic carbocycles. The Bertz CT molecular complexity index is 510. The number of carbonyl (C=O) groups is 1. The Kier molecular flexibility index (Phi) is 3.80. The first-order valence-electron chi connectivity index (χ1n) is 5.41. The summed E-state index contributed by atoms with van der Waals surface area (Å²) in [5.74, 6) is 0.191. The number of aromatic amines is 1. The molecule has 6 nitrogen and oxygen atoms in total. The summed E-state index contributed by atoms with van der Waals surface area (Å²) in [6.45, 7) is 0.427. The molecule has 1 aromatic heterocycles. The van der Waals surface area contributed by atoms with E-state index in [2.05, 4.69) is 10.2 Å². The number of esters is 1. The minimum atomic E-state index is -0.540. The minimum Gasteiger partial charge on any atom is -0.490 e. The maximum absolute atomic E-state index is 11.5. The first-order valence-corrected chi connectivity index (χ1v) is 5.41. The van der Waals surface area contributed by atoms with Gasteiger partial charge in [0.05, 0.1) is 11.9 Å². The Labute approximate surface area is 104 Å². The number of rotatable bonds is 5. The van der Waals surface area contributed by atoms with Crippen molar-refractivity contribution in [3.05, 3.63) is 42.2 Å². The second-order valence-electron chi connectivity index (χ2n) is 3.50. The topological polar surface area (TPSA) is 90.2 Å². The molecule has 0 bridgehead atoms. The molecule has 0 spiro atoms. The van der Waals surface area contributed by atoms with Crippen LogP contribution in [0.3, 0.4) is 0 Å². The van der Waals surface area contributed by atoms with Crippen molar-refractivity contribution in [2.45, 2.75) is 0 Å². The van der Waals surface area contributed by atoms with Crippen LogP contribution in [0.25, 0.3) is 0 Å². The Morgan fingerprint density at radius 1 is 1.28 bits per heavy atom. The lowest BCUT2D eigenvalue weighted by atomic mass is 10.3. The lowest BCUT2D eigenvalue weighted by molar-refractivity contribution is 0.0445. The fourth-order valence-corrected chi connectivity index (χ4v) is 1.34. The number of carbonyl (C=O) groups excluding carboxylic acids is 1. The fraction of sp³-hybridized carbons (Fsp3) is 0.167. The normalized spacial score (nSPS) is 10.0. The molecule has 0 unspecified atom stereocenters. The van der Waals surface area contributed by atoms with Crippen molar-refractivity contribution >= 4 is 11.7 Å². The highest BCUT2D eigenvalue weighted by molar-refractivity contribution is 5.92. The number of nitrogen functional groups attached to an aromatic ring is 1. The third-order valence-corrected chi connectivity index (χ3v) is 2.20. The Morgan fingerprint density at radius 2 is 2.06 bits per heavy atom. The number of aromatic nitrogens is 2. The Morgan fingerprint density at radius 3 is 2.72 bits per heavy atom. The third-order valence-electron chi connectivity index (χ3n) is 2.20. The van der Waals surface area contributed by atoms with Crippen LogP contribution < -0.4 is 10.5 Å². The number of nitrogens with two attached hydrogens (primary N) is 1. The van der Waals surface area contributed by atoms with Crippen LogP contribution in [0.1, 0.15) is 10.5 Å². The van der Waals surface area contributed by atoms with Gasteiger partial charge >= 0.3 is 5.97 Å². The molecule has 6 heteroatoms. The van der Waals surface area contributed by atoms with Gasteiger partial charge in [-0.15, -0.1) is 0 Å². The summed E-state index contributed by atoms with van der Waals surface area (Å²) < 4.78 is 10.3. The van der Waals surface area contributed by atoms with Crippen LogP contribution in [0.5, 0.6) is 5.75 Å². The van der Waals surface area contributed by atoms with Gasteiger partial charge in [0.2, 0.25) is 0 Å². The van der Waals surface area contributed by atoms with E-state index in [-0.39, 0.29) is 24.6 Å². The number of para-hydroxylation sites is 1. The lowest BCUT2D eigenvalue weighted by Gasteiger charge is -2.06. The van der Waals surface area contributed by atoms with Gasteiger partial charge in [-0.3, -0.25) is 5.10 Å². The van der Waals surface area contributed by atoms with Crippen LogP contribution in [0.15, 0.2) is 36.5 Å². The van der Waals surface area contributed by atoms with Crippen LogP contribution in [0.4, 0.5) is 5.69 Å². The zero-order valence-corrected chi connectivity index (χ0v) is 9.63. The van der Waals surface area contributed by atoms with E-state index < -0.39 is 5.97 Å². The van der Waals surface area contributed by atoms with Crippen LogP contribution in [0, 0.1) is 0 Å². The van der Waals surface area contributed by atoms with E-state index in [1.807, 2.05) is 30.3 Å². The number of hydrogen-bond donors (Lipinski definition) is 2. The van der Waals surface area contributed by atoms with Gasteiger partial charge in [-0.25, -0.2) is 4.79 Å². The highest BCUT2D eigenvalue weighted by Crippen LogP contribution is 2.09. The molecule has 0 saturated carbocycles. The van der Waals surface area contributed by atoms with Crippen LogP contribution in [-0.2, 0) is 4.74 Å². The highest BCUT2D eigenvalue weighted by atomic mass is 16.6. The first-order chi connectivity index (χ1) is 8.77. The molecule has 0 fully saturated rings. The van der Waals surface area contributed by atoms with Crippen LogP contribution in [0.2, 0.25) is 0 Å². The van der Waals surface area contributed by atoms with E-state index in [4.69, 9.17) is 15.2 Å². The average molecular weight is 247 g/mol. The van der Waals surface area contributed by atoms with Crippen LogP contribution >= 0.6 is 0 Å². The summed E-state index contributed by atoms with van der Waals surface area (Å²) in [5.41, 5.74) is 5.94. The van der Waals surface area contributed by atoms with E-state index in [1.165, 1.54) is 6.20 Å². The predicted molar refractivity (Wildman–Crippen MR) is 65.2 cm³/mol. The first kappa shape index (κ1) is 12.0. The molecular weight excluding hydrogens is 234 g/mol. The van der Waals surface area contributed by atoms with Crippen molar-refractivity contribution in [2.24, 2.45) is 0 Å². The maximum Gasteiger partial charge on any atom is 0.358 e. The molecule has 0 atom stereocenters. The van der Waals surface area contributed by atoms with Crippen LogP contribution in [-0.4, -0.2) is 29.4 Å². The lowest BCUT2D eigenvalue weighted by Crippen LogP contribution is -2.13. The molecule has 94 valence electrons. The largest absolute Gasteiger partial charge is 0.490 e. The number of hydrogen-bond acceptors (Lipinski definition) is 5. The van der Waals surface area contributed by atoms with E-state index >= 15 is 0 Å². The molecular formula is C12H13N3O3. The molecule has 3 N–H and O–H groups in total. The molecule has 0 amide bonds. The second kappa shape index (κ2) is 5.72. The number of nitrogens with zero attached hydrogens (tertiary/aromatic N) is 1. The molecule has 0 radical (unpaired) electrons. The molecule has 1 heterocycles. The van der Waals surface area contributed by atoms with E-state index in [0.717, 1.165) is 5.75 Å². The van der Waals surface area contributed by atoms with Crippen molar-refractivity contribution in [3.8, 4) is 5.75 Å². The second-order valence-corrected chi connectivity index (χ2v) is 3.50. The van der Waals surface area contributed by atoms with Gasteiger partial charge in [-0.05, 0) is 12.1 Å². The van der Waals surface area contributed by atoms with Crippen molar-refractivity contribution < 1.29 is 14.3 Å². The molecule has 18 heavy (non-hydrogen) atoms. The number of ether oxygens (including phenoxy) is 2. The molecule has 0 aliphatic heterocycles. The number of nitrogens with one attached hydrogen (secondary N) is 1. The van der Waals surface area contributed by atoms with Gasteiger partial charge in [-0.1, -0.05) is 18.2 Å². The van der Waals surface area contributed by atoms with Gasteiger partial charge in [0.1, 0.15) is 19.0 Å². The summed E-state index contributed by atoms with van der Waals surface area (Å²) >= 11 is 0. The summed E-state index contributed by atoms with van der Waals surface area (Å²) in [4.78, 5) is 11.5. The maximum atomic E-state index is 11.5. The van der Waals surface area contributed by atoms with Crippen molar-refractivity contribution in [1.29, 1.82) is 0 Å². The van der Waals surface area contributed by atoms with Crippen molar-refractivity contribution in [2.75, 3.05) is 18.9 Å². The third kappa shape index (κ3) is 3.00. The summed E-state index contributed by atoms with van der Waals surface area (Å²) in [7, 11) is 0. The Hall–Kier alpha value is -2.50. The predicted octanol–water partition coefficient (Wildman–Crippen LogP) is 1.23. The summed E-state index contributed by atoms with van der Waals surface area (Å²) in [6.07, 6.45) is 1.36. The van der Waals surface area contributed by atoms with E-state index in [9.17, 15) is 4.79 Å². The molecule has 2 rings (SSSR count). The zero-order chi connectivity index (χ0) is 12.8.